The molecule has 5 heteroatoms. The normalized spacial score (nSPS) is 12.3. The molecule has 2 aliphatic heterocycles. The van der Waals surface area contributed by atoms with Crippen molar-refractivity contribution in [1.29, 1.82) is 0 Å². The Morgan fingerprint density at radius 2 is 0.894 bits per heavy atom. The van der Waals surface area contributed by atoms with Crippen molar-refractivity contribution in [2.24, 2.45) is 0 Å². The molecule has 5 heterocycles. The van der Waals surface area contributed by atoms with E-state index in [1.807, 2.05) is 12.1 Å². The fourth-order valence-electron chi connectivity index (χ4n) is 6.91. The Bertz CT molecular complexity index is 1800. The van der Waals surface area contributed by atoms with Crippen LogP contribution in [0.25, 0.3) is 57.5 Å². The molecular formula is C42H50N4O. The minimum atomic E-state index is 0.0299. The monoisotopic (exact) mass is 626 g/mol. The molecule has 0 fully saturated rings. The molecule has 0 spiro atoms. The van der Waals surface area contributed by atoms with Crippen molar-refractivity contribution >= 4 is 46.4 Å². The Kier molecular flexibility index (Phi) is 10.8. The van der Waals surface area contributed by atoms with E-state index in [0.29, 0.717) is 0 Å². The van der Waals surface area contributed by atoms with E-state index in [2.05, 4.69) is 91.4 Å². The van der Waals surface area contributed by atoms with Crippen LogP contribution in [0.5, 0.6) is 0 Å². The number of hydrogen-bond donors (Lipinski definition) is 3. The van der Waals surface area contributed by atoms with Crippen molar-refractivity contribution in [2.75, 3.05) is 0 Å². The lowest BCUT2D eigenvalue weighted by Gasteiger charge is -2.07. The molecule has 8 bridgehead atoms. The second-order valence-electron chi connectivity index (χ2n) is 13.0. The topological polar surface area (TPSA) is 77.6 Å². The molecule has 3 N–H and O–H groups in total. The summed E-state index contributed by atoms with van der Waals surface area (Å²) in [5, 5.41) is 9.74. The largest absolute Gasteiger partial charge is 0.392 e. The molecule has 47 heavy (non-hydrogen) atoms. The van der Waals surface area contributed by atoms with Crippen LogP contribution in [0.4, 0.5) is 0 Å². The molecule has 0 saturated heterocycles. The maximum absolute atomic E-state index is 9.74. The molecule has 4 aromatic rings. The summed E-state index contributed by atoms with van der Waals surface area (Å²) in [6, 6.07) is 17.1. The summed E-state index contributed by atoms with van der Waals surface area (Å²) in [6.45, 7) is 6.81. The fraction of sp³-hybridized carbons (Fsp3) is 0.381. The number of aryl methyl sites for hydroxylation is 2. The van der Waals surface area contributed by atoms with Gasteiger partial charge in [-0.2, -0.15) is 0 Å². The van der Waals surface area contributed by atoms with Gasteiger partial charge in [-0.25, -0.2) is 9.97 Å². The van der Waals surface area contributed by atoms with E-state index >= 15 is 0 Å². The predicted octanol–water partition coefficient (Wildman–Crippen LogP) is 11.0. The number of benzene rings is 1. The van der Waals surface area contributed by atoms with E-state index in [0.717, 1.165) is 100 Å². The van der Waals surface area contributed by atoms with Crippen LogP contribution in [-0.2, 0) is 25.9 Å². The molecule has 0 amide bonds. The quantitative estimate of drug-likeness (QED) is 0.105. The van der Waals surface area contributed by atoms with Crippen molar-refractivity contribution in [3.63, 3.8) is 0 Å². The molecule has 0 atom stereocenters. The van der Waals surface area contributed by atoms with Crippen LogP contribution in [-0.4, -0.2) is 25.0 Å². The zero-order valence-electron chi connectivity index (χ0n) is 28.5. The third-order valence-corrected chi connectivity index (χ3v) is 9.59. The molecule has 0 aliphatic carbocycles. The second-order valence-corrected chi connectivity index (χ2v) is 13.0. The summed E-state index contributed by atoms with van der Waals surface area (Å²) >= 11 is 0. The lowest BCUT2D eigenvalue weighted by atomic mass is 10.0. The Morgan fingerprint density at radius 3 is 1.32 bits per heavy atom. The summed E-state index contributed by atoms with van der Waals surface area (Å²) in [7, 11) is 0. The summed E-state index contributed by atoms with van der Waals surface area (Å²) in [5.74, 6) is 0. The van der Waals surface area contributed by atoms with Gasteiger partial charge < -0.3 is 15.1 Å². The van der Waals surface area contributed by atoms with Gasteiger partial charge in [0.2, 0.25) is 0 Å². The Balaban J connectivity index is 1.69. The maximum atomic E-state index is 9.74. The lowest BCUT2D eigenvalue weighted by Crippen LogP contribution is -1.97. The number of hydrogen-bond acceptors (Lipinski definition) is 3. The van der Waals surface area contributed by atoms with E-state index in [1.165, 1.54) is 55.2 Å². The number of unbranched alkanes of at least 4 members (excludes halogenated alkanes) is 6. The zero-order chi connectivity index (χ0) is 32.6. The third-order valence-electron chi connectivity index (χ3n) is 9.59. The van der Waals surface area contributed by atoms with E-state index in [9.17, 15) is 5.11 Å². The SMILES string of the molecule is CCCCCc1c2nc(c(CCCCC)c3ccc([nH]3)c(-c3ccc(CO)cc3)c3ccc([nH]3)c(CCCCC)c3nc1C=C3)C=C2. The van der Waals surface area contributed by atoms with Gasteiger partial charge >= 0.3 is 0 Å². The number of nitrogens with zero attached hydrogens (tertiary/aromatic N) is 2. The van der Waals surface area contributed by atoms with E-state index in [1.54, 1.807) is 0 Å². The average molecular weight is 627 g/mol. The molecule has 2 aliphatic rings. The Labute approximate surface area is 279 Å². The van der Waals surface area contributed by atoms with Gasteiger partial charge in [-0.1, -0.05) is 83.6 Å². The highest BCUT2D eigenvalue weighted by molar-refractivity contribution is 5.94. The van der Waals surface area contributed by atoms with Crippen LogP contribution in [0.3, 0.4) is 0 Å². The van der Waals surface area contributed by atoms with Gasteiger partial charge in [0.25, 0.3) is 0 Å². The molecule has 3 aromatic heterocycles. The van der Waals surface area contributed by atoms with Crippen LogP contribution in [0, 0.1) is 0 Å². The van der Waals surface area contributed by atoms with E-state index in [-0.39, 0.29) is 6.61 Å². The van der Waals surface area contributed by atoms with Gasteiger partial charge in [-0.05, 0) is 98.2 Å². The number of fused-ring (bicyclic) bond motifs is 8. The highest BCUT2D eigenvalue weighted by Gasteiger charge is 2.17. The molecule has 1 aromatic carbocycles. The van der Waals surface area contributed by atoms with Crippen LogP contribution < -0.4 is 0 Å². The van der Waals surface area contributed by atoms with Crippen molar-refractivity contribution in [3.05, 3.63) is 93.6 Å². The number of aromatic amines is 2. The van der Waals surface area contributed by atoms with Gasteiger partial charge in [0.1, 0.15) is 0 Å². The molecule has 244 valence electrons. The van der Waals surface area contributed by atoms with Gasteiger partial charge in [-0.15, -0.1) is 0 Å². The van der Waals surface area contributed by atoms with Gasteiger partial charge in [-0.3, -0.25) is 0 Å². The molecular weight excluding hydrogens is 576 g/mol. The van der Waals surface area contributed by atoms with E-state index < -0.39 is 0 Å². The van der Waals surface area contributed by atoms with Crippen molar-refractivity contribution in [2.45, 2.75) is 104 Å². The van der Waals surface area contributed by atoms with Crippen molar-refractivity contribution in [3.8, 4) is 11.1 Å². The minimum absolute atomic E-state index is 0.0299. The summed E-state index contributed by atoms with van der Waals surface area (Å²) in [4.78, 5) is 18.4. The molecule has 0 radical (unpaired) electrons. The zero-order valence-corrected chi connectivity index (χ0v) is 28.5. The summed E-state index contributed by atoms with van der Waals surface area (Å²) in [6.07, 6.45) is 22.3. The molecule has 6 rings (SSSR count). The first-order chi connectivity index (χ1) is 23.1. The van der Waals surface area contributed by atoms with Crippen molar-refractivity contribution < 1.29 is 5.11 Å². The number of H-pyrrole nitrogens is 2. The van der Waals surface area contributed by atoms with Gasteiger partial charge in [0.15, 0.2) is 0 Å². The highest BCUT2D eigenvalue weighted by Crippen LogP contribution is 2.33. The Morgan fingerprint density at radius 1 is 0.489 bits per heavy atom. The number of aliphatic hydroxyl groups is 1. The highest BCUT2D eigenvalue weighted by atomic mass is 16.3. The fourth-order valence-corrected chi connectivity index (χ4v) is 6.91. The maximum Gasteiger partial charge on any atom is 0.0691 e. The number of aliphatic hydroxyl groups excluding tert-OH is 1. The van der Waals surface area contributed by atoms with Crippen LogP contribution in [0.2, 0.25) is 0 Å². The lowest BCUT2D eigenvalue weighted by molar-refractivity contribution is 0.282. The first kappa shape index (κ1) is 32.7. The number of nitrogens with one attached hydrogen (secondary N) is 2. The first-order valence-electron chi connectivity index (χ1n) is 18.0. The number of rotatable bonds is 14. The smallest absolute Gasteiger partial charge is 0.0691 e. The average Bonchev–Trinajstić information content (AvgIpc) is 3.93. The van der Waals surface area contributed by atoms with Crippen LogP contribution in [0.15, 0.2) is 48.5 Å². The minimum Gasteiger partial charge on any atom is -0.392 e. The number of aromatic nitrogens is 4. The molecule has 5 nitrogen and oxygen atoms in total. The molecule has 0 saturated carbocycles. The van der Waals surface area contributed by atoms with E-state index in [4.69, 9.17) is 9.97 Å². The van der Waals surface area contributed by atoms with Crippen LogP contribution >= 0.6 is 0 Å². The van der Waals surface area contributed by atoms with Crippen LogP contribution in [0.1, 0.15) is 124 Å². The van der Waals surface area contributed by atoms with Gasteiger partial charge in [0.05, 0.1) is 29.4 Å². The summed E-state index contributed by atoms with van der Waals surface area (Å²) < 4.78 is 0. The second kappa shape index (κ2) is 15.6. The molecule has 0 unspecified atom stereocenters. The van der Waals surface area contributed by atoms with Gasteiger partial charge in [0, 0.05) is 44.3 Å². The summed E-state index contributed by atoms with van der Waals surface area (Å²) in [5.41, 5.74) is 15.5. The third kappa shape index (κ3) is 7.36. The first-order valence-corrected chi connectivity index (χ1v) is 18.0. The van der Waals surface area contributed by atoms with Crippen molar-refractivity contribution in [1.82, 2.24) is 19.9 Å². The predicted molar refractivity (Wildman–Crippen MR) is 200 cm³/mol. The standard InChI is InChI=1S/C42H50N4O/c1-4-7-10-13-31-34-20-22-36(43-34)32(14-11-8-5-2)38-24-26-40(45-38)42(30-18-16-29(28-47)17-19-30)41-27-25-39(46-41)33(15-12-9-6-3)37-23-21-35(31)44-37/h16-27,45-47H,4-15,28H2,1-3H3. The Hall–Kier alpha value is -4.22.